The van der Waals surface area contributed by atoms with E-state index in [-0.39, 0.29) is 11.6 Å². The SMILES string of the molecule is Fc1ccc(F)c(Oc2ccc(CCl)c(Cl)c2)c1. The Balaban J connectivity index is 2.28. The molecule has 5 heteroatoms. The maximum atomic E-state index is 13.4. The van der Waals surface area contributed by atoms with Crippen LogP contribution in [0.5, 0.6) is 11.5 Å². The lowest BCUT2D eigenvalue weighted by Crippen LogP contribution is -1.90. The third kappa shape index (κ3) is 2.92. The van der Waals surface area contributed by atoms with E-state index in [2.05, 4.69) is 0 Å². The van der Waals surface area contributed by atoms with Crippen molar-refractivity contribution in [2.45, 2.75) is 5.88 Å². The van der Waals surface area contributed by atoms with Crippen LogP contribution in [0.25, 0.3) is 0 Å². The Bertz CT molecular complexity index is 573. The highest BCUT2D eigenvalue weighted by Crippen LogP contribution is 2.29. The van der Waals surface area contributed by atoms with Crippen LogP contribution in [-0.2, 0) is 5.88 Å². The summed E-state index contributed by atoms with van der Waals surface area (Å²) in [4.78, 5) is 0. The molecular weight excluding hydrogens is 281 g/mol. The monoisotopic (exact) mass is 288 g/mol. The molecule has 0 aliphatic carbocycles. The van der Waals surface area contributed by atoms with Gasteiger partial charge in [-0.05, 0) is 29.8 Å². The largest absolute Gasteiger partial charge is 0.454 e. The maximum absolute atomic E-state index is 13.4. The summed E-state index contributed by atoms with van der Waals surface area (Å²) in [6.45, 7) is 0. The van der Waals surface area contributed by atoms with Gasteiger partial charge in [-0.3, -0.25) is 0 Å². The van der Waals surface area contributed by atoms with Crippen LogP contribution in [0.2, 0.25) is 5.02 Å². The van der Waals surface area contributed by atoms with Gasteiger partial charge in [0.15, 0.2) is 11.6 Å². The first kappa shape index (κ1) is 13.1. The first-order valence-electron chi connectivity index (χ1n) is 5.07. The molecule has 0 heterocycles. The number of ether oxygens (including phenoxy) is 1. The van der Waals surface area contributed by atoms with Crippen LogP contribution in [0.3, 0.4) is 0 Å². The van der Waals surface area contributed by atoms with Gasteiger partial charge < -0.3 is 4.74 Å². The molecule has 0 spiro atoms. The second kappa shape index (κ2) is 5.55. The molecule has 0 atom stereocenters. The van der Waals surface area contributed by atoms with Crippen molar-refractivity contribution in [1.29, 1.82) is 0 Å². The van der Waals surface area contributed by atoms with Gasteiger partial charge in [0.1, 0.15) is 11.6 Å². The Labute approximate surface area is 113 Å². The van der Waals surface area contributed by atoms with Gasteiger partial charge in [0.05, 0.1) is 0 Å². The summed E-state index contributed by atoms with van der Waals surface area (Å²) < 4.78 is 31.5. The summed E-state index contributed by atoms with van der Waals surface area (Å²) in [6, 6.07) is 7.75. The normalized spacial score (nSPS) is 10.4. The summed E-state index contributed by atoms with van der Waals surface area (Å²) in [7, 11) is 0. The molecule has 0 aliphatic rings. The van der Waals surface area contributed by atoms with Crippen molar-refractivity contribution in [3.8, 4) is 11.5 Å². The van der Waals surface area contributed by atoms with Gasteiger partial charge in [-0.1, -0.05) is 17.7 Å². The zero-order valence-electron chi connectivity index (χ0n) is 9.09. The molecule has 0 aromatic heterocycles. The molecule has 2 aromatic carbocycles. The fourth-order valence-electron chi connectivity index (χ4n) is 1.38. The third-order valence-electron chi connectivity index (χ3n) is 2.29. The lowest BCUT2D eigenvalue weighted by molar-refractivity contribution is 0.436. The zero-order chi connectivity index (χ0) is 13.1. The number of benzene rings is 2. The van der Waals surface area contributed by atoms with E-state index in [9.17, 15) is 8.78 Å². The van der Waals surface area contributed by atoms with Crippen molar-refractivity contribution in [1.82, 2.24) is 0 Å². The van der Waals surface area contributed by atoms with E-state index in [4.69, 9.17) is 27.9 Å². The quantitative estimate of drug-likeness (QED) is 0.710. The first-order valence-corrected chi connectivity index (χ1v) is 5.98. The Hall–Kier alpha value is -1.32. The van der Waals surface area contributed by atoms with E-state index in [1.807, 2.05) is 0 Å². The molecule has 2 rings (SSSR count). The van der Waals surface area contributed by atoms with E-state index in [1.54, 1.807) is 12.1 Å². The second-order valence-electron chi connectivity index (χ2n) is 3.56. The van der Waals surface area contributed by atoms with Crippen molar-refractivity contribution >= 4 is 23.2 Å². The lowest BCUT2D eigenvalue weighted by Gasteiger charge is -2.08. The average molecular weight is 289 g/mol. The molecular formula is C13H8Cl2F2O. The molecule has 0 N–H and O–H groups in total. The van der Waals surface area contributed by atoms with Gasteiger partial charge in [0, 0.05) is 17.0 Å². The average Bonchev–Trinajstić information content (AvgIpc) is 2.34. The van der Waals surface area contributed by atoms with Crippen LogP contribution in [0.4, 0.5) is 8.78 Å². The highest BCUT2D eigenvalue weighted by molar-refractivity contribution is 6.32. The Morgan fingerprint density at radius 2 is 1.83 bits per heavy atom. The van der Waals surface area contributed by atoms with Crippen molar-refractivity contribution in [2.75, 3.05) is 0 Å². The van der Waals surface area contributed by atoms with Gasteiger partial charge in [0.25, 0.3) is 0 Å². The van der Waals surface area contributed by atoms with Crippen molar-refractivity contribution in [3.63, 3.8) is 0 Å². The Morgan fingerprint density at radius 1 is 1.06 bits per heavy atom. The summed E-state index contributed by atoms with van der Waals surface area (Å²) in [5, 5.41) is 0.416. The van der Waals surface area contributed by atoms with Crippen LogP contribution >= 0.6 is 23.2 Å². The van der Waals surface area contributed by atoms with E-state index in [1.165, 1.54) is 6.07 Å². The van der Waals surface area contributed by atoms with Crippen molar-refractivity contribution in [2.24, 2.45) is 0 Å². The molecule has 0 saturated carbocycles. The number of hydrogen-bond acceptors (Lipinski definition) is 1. The predicted molar refractivity (Wildman–Crippen MR) is 67.4 cm³/mol. The van der Waals surface area contributed by atoms with Crippen LogP contribution in [0, 0.1) is 11.6 Å². The van der Waals surface area contributed by atoms with Crippen LogP contribution in [-0.4, -0.2) is 0 Å². The fraction of sp³-hybridized carbons (Fsp3) is 0.0769. The van der Waals surface area contributed by atoms with Gasteiger partial charge in [-0.2, -0.15) is 0 Å². The minimum Gasteiger partial charge on any atom is -0.454 e. The molecule has 0 saturated heterocycles. The van der Waals surface area contributed by atoms with Crippen LogP contribution in [0.15, 0.2) is 36.4 Å². The molecule has 0 amide bonds. The van der Waals surface area contributed by atoms with E-state index in [0.29, 0.717) is 10.8 Å². The van der Waals surface area contributed by atoms with Crippen LogP contribution < -0.4 is 4.74 Å². The molecule has 94 valence electrons. The standard InChI is InChI=1S/C13H8Cl2F2O/c14-7-8-1-3-10(6-11(8)15)18-13-5-9(16)2-4-12(13)17/h1-6H,7H2. The Kier molecular flexibility index (Phi) is 4.04. The molecule has 2 aromatic rings. The number of rotatable bonds is 3. The van der Waals surface area contributed by atoms with Gasteiger partial charge in [0.2, 0.25) is 0 Å². The van der Waals surface area contributed by atoms with E-state index >= 15 is 0 Å². The van der Waals surface area contributed by atoms with Crippen LogP contribution in [0.1, 0.15) is 5.56 Å². The highest BCUT2D eigenvalue weighted by Gasteiger charge is 2.08. The predicted octanol–water partition coefficient (Wildman–Crippen LogP) is 5.15. The number of alkyl halides is 1. The van der Waals surface area contributed by atoms with Gasteiger partial charge >= 0.3 is 0 Å². The summed E-state index contributed by atoms with van der Waals surface area (Å²) in [5.41, 5.74) is 0.741. The highest BCUT2D eigenvalue weighted by atomic mass is 35.5. The summed E-state index contributed by atoms with van der Waals surface area (Å²) in [6.07, 6.45) is 0. The second-order valence-corrected chi connectivity index (χ2v) is 4.24. The van der Waals surface area contributed by atoms with Crippen molar-refractivity contribution < 1.29 is 13.5 Å². The first-order chi connectivity index (χ1) is 8.60. The van der Waals surface area contributed by atoms with Gasteiger partial charge in [-0.25, -0.2) is 8.78 Å². The smallest absolute Gasteiger partial charge is 0.165 e. The lowest BCUT2D eigenvalue weighted by atomic mass is 10.2. The number of halogens is 4. The molecule has 0 radical (unpaired) electrons. The molecule has 0 fully saturated rings. The third-order valence-corrected chi connectivity index (χ3v) is 2.93. The summed E-state index contributed by atoms with van der Waals surface area (Å²) in [5.74, 6) is -0.820. The summed E-state index contributed by atoms with van der Waals surface area (Å²) >= 11 is 11.6. The van der Waals surface area contributed by atoms with Gasteiger partial charge in [-0.15, -0.1) is 11.6 Å². The molecule has 0 aliphatic heterocycles. The Morgan fingerprint density at radius 3 is 2.50 bits per heavy atom. The van der Waals surface area contributed by atoms with E-state index < -0.39 is 11.6 Å². The minimum atomic E-state index is -0.644. The molecule has 18 heavy (non-hydrogen) atoms. The van der Waals surface area contributed by atoms with E-state index in [0.717, 1.165) is 23.8 Å². The zero-order valence-corrected chi connectivity index (χ0v) is 10.6. The topological polar surface area (TPSA) is 9.23 Å². The van der Waals surface area contributed by atoms with Crippen molar-refractivity contribution in [3.05, 3.63) is 58.6 Å². The molecule has 0 unspecified atom stereocenters. The fourth-order valence-corrected chi connectivity index (χ4v) is 1.92. The number of hydrogen-bond donors (Lipinski definition) is 0. The molecule has 0 bridgehead atoms. The minimum absolute atomic E-state index is 0.190. The maximum Gasteiger partial charge on any atom is 0.165 e. The molecule has 1 nitrogen and oxygen atoms in total.